The molecule has 0 aliphatic rings. The zero-order valence-corrected chi connectivity index (χ0v) is 12.9. The summed E-state index contributed by atoms with van der Waals surface area (Å²) in [4.78, 5) is 25.1. The maximum absolute atomic E-state index is 12.1. The first-order chi connectivity index (χ1) is 10.1. The zero-order chi connectivity index (χ0) is 15.4. The average molecular weight is 308 g/mol. The molecule has 112 valence electrons. The number of esters is 1. The average Bonchev–Trinajstić information content (AvgIpc) is 3.05. The van der Waals surface area contributed by atoms with E-state index in [1.807, 2.05) is 6.92 Å². The van der Waals surface area contributed by atoms with Gasteiger partial charge in [-0.2, -0.15) is 0 Å². The summed E-state index contributed by atoms with van der Waals surface area (Å²) in [5, 5.41) is 6.73. The van der Waals surface area contributed by atoms with Crippen LogP contribution in [0, 0.1) is 6.92 Å². The predicted octanol–water partition coefficient (Wildman–Crippen LogP) is 3.04. The topological polar surface area (TPSA) is 81.4 Å². The highest BCUT2D eigenvalue weighted by molar-refractivity contribution is 7.16. The van der Waals surface area contributed by atoms with E-state index in [4.69, 9.17) is 9.26 Å². The molecule has 0 fully saturated rings. The van der Waals surface area contributed by atoms with E-state index in [9.17, 15) is 9.59 Å². The third-order valence-corrected chi connectivity index (χ3v) is 4.00. The van der Waals surface area contributed by atoms with Gasteiger partial charge < -0.3 is 14.6 Å². The molecular weight excluding hydrogens is 292 g/mol. The summed E-state index contributed by atoms with van der Waals surface area (Å²) in [6.45, 7) is 5.72. The van der Waals surface area contributed by atoms with Crippen LogP contribution in [0.4, 0.5) is 5.00 Å². The SMILES string of the molecule is CCOC(=O)c1cc(CC)sc1NC(=O)c1oncc1C. The summed E-state index contributed by atoms with van der Waals surface area (Å²) in [7, 11) is 0. The molecule has 0 bridgehead atoms. The van der Waals surface area contributed by atoms with Gasteiger partial charge in [-0.05, 0) is 26.3 Å². The first-order valence-corrected chi connectivity index (χ1v) is 7.40. The minimum Gasteiger partial charge on any atom is -0.462 e. The third kappa shape index (κ3) is 3.30. The number of rotatable bonds is 5. The summed E-state index contributed by atoms with van der Waals surface area (Å²) in [5.74, 6) is -0.741. The van der Waals surface area contributed by atoms with Gasteiger partial charge in [-0.15, -0.1) is 11.3 Å². The highest BCUT2D eigenvalue weighted by atomic mass is 32.1. The van der Waals surface area contributed by atoms with Crippen LogP contribution in [0.25, 0.3) is 0 Å². The molecule has 0 aromatic carbocycles. The van der Waals surface area contributed by atoms with Crippen LogP contribution < -0.4 is 5.32 Å². The van der Waals surface area contributed by atoms with Crippen molar-refractivity contribution in [1.82, 2.24) is 5.16 Å². The highest BCUT2D eigenvalue weighted by Gasteiger charge is 2.21. The second-order valence-electron chi connectivity index (χ2n) is 4.32. The van der Waals surface area contributed by atoms with Crippen molar-refractivity contribution in [1.29, 1.82) is 0 Å². The number of hydrogen-bond donors (Lipinski definition) is 1. The van der Waals surface area contributed by atoms with Crippen molar-refractivity contribution in [2.75, 3.05) is 11.9 Å². The number of nitrogens with one attached hydrogen (secondary N) is 1. The second-order valence-corrected chi connectivity index (χ2v) is 5.46. The summed E-state index contributed by atoms with van der Waals surface area (Å²) in [5.41, 5.74) is 1.00. The molecule has 21 heavy (non-hydrogen) atoms. The van der Waals surface area contributed by atoms with Crippen molar-refractivity contribution in [3.05, 3.63) is 34.0 Å². The Morgan fingerprint density at radius 2 is 2.19 bits per heavy atom. The quantitative estimate of drug-likeness (QED) is 0.859. The van der Waals surface area contributed by atoms with Crippen LogP contribution in [0.5, 0.6) is 0 Å². The number of aryl methyl sites for hydroxylation is 2. The van der Waals surface area contributed by atoms with Gasteiger partial charge in [0.05, 0.1) is 18.4 Å². The van der Waals surface area contributed by atoms with Crippen LogP contribution in [-0.4, -0.2) is 23.6 Å². The smallest absolute Gasteiger partial charge is 0.341 e. The van der Waals surface area contributed by atoms with Crippen LogP contribution in [-0.2, 0) is 11.2 Å². The van der Waals surface area contributed by atoms with Gasteiger partial charge >= 0.3 is 5.97 Å². The maximum atomic E-state index is 12.1. The molecule has 1 N–H and O–H groups in total. The number of anilines is 1. The van der Waals surface area contributed by atoms with Crippen molar-refractivity contribution >= 4 is 28.2 Å². The van der Waals surface area contributed by atoms with E-state index in [-0.39, 0.29) is 12.4 Å². The lowest BCUT2D eigenvalue weighted by molar-refractivity contribution is 0.0528. The molecule has 0 saturated carbocycles. The first-order valence-electron chi connectivity index (χ1n) is 6.59. The van der Waals surface area contributed by atoms with Gasteiger partial charge in [0, 0.05) is 10.4 Å². The van der Waals surface area contributed by atoms with Gasteiger partial charge in [-0.3, -0.25) is 4.79 Å². The second kappa shape index (κ2) is 6.53. The van der Waals surface area contributed by atoms with Gasteiger partial charge in [-0.25, -0.2) is 4.79 Å². The molecule has 1 amide bonds. The van der Waals surface area contributed by atoms with Crippen LogP contribution in [0.1, 0.15) is 45.2 Å². The Kier molecular flexibility index (Phi) is 4.74. The van der Waals surface area contributed by atoms with Crippen molar-refractivity contribution in [2.45, 2.75) is 27.2 Å². The Morgan fingerprint density at radius 1 is 1.43 bits per heavy atom. The summed E-state index contributed by atoms with van der Waals surface area (Å²) >= 11 is 1.35. The standard InChI is InChI=1S/C14H16N2O4S/c1-4-9-6-10(14(18)19-5-2)13(21-9)16-12(17)11-8(3)7-15-20-11/h6-7H,4-5H2,1-3H3,(H,16,17). The van der Waals surface area contributed by atoms with Crippen LogP contribution in [0.2, 0.25) is 0 Å². The van der Waals surface area contributed by atoms with E-state index in [1.165, 1.54) is 17.5 Å². The van der Waals surface area contributed by atoms with Crippen molar-refractivity contribution in [3.63, 3.8) is 0 Å². The van der Waals surface area contributed by atoms with Gasteiger partial charge in [0.15, 0.2) is 0 Å². The van der Waals surface area contributed by atoms with E-state index >= 15 is 0 Å². The van der Waals surface area contributed by atoms with Gasteiger partial charge in [0.1, 0.15) is 5.00 Å². The largest absolute Gasteiger partial charge is 0.462 e. The molecule has 0 unspecified atom stereocenters. The summed E-state index contributed by atoms with van der Waals surface area (Å²) in [6.07, 6.45) is 2.24. The van der Waals surface area contributed by atoms with E-state index in [0.29, 0.717) is 16.1 Å². The molecule has 2 aromatic heterocycles. The minimum absolute atomic E-state index is 0.135. The van der Waals surface area contributed by atoms with Crippen molar-refractivity contribution in [3.8, 4) is 0 Å². The minimum atomic E-state index is -0.446. The first kappa shape index (κ1) is 15.2. The van der Waals surface area contributed by atoms with Gasteiger partial charge in [-0.1, -0.05) is 12.1 Å². The molecule has 0 spiro atoms. The van der Waals surface area contributed by atoms with Gasteiger partial charge in [0.25, 0.3) is 5.91 Å². The predicted molar refractivity (Wildman–Crippen MR) is 78.8 cm³/mol. The lowest BCUT2D eigenvalue weighted by atomic mass is 10.2. The number of carbonyl (C=O) groups is 2. The van der Waals surface area contributed by atoms with E-state index < -0.39 is 11.9 Å². The number of hydrogen-bond acceptors (Lipinski definition) is 6. The van der Waals surface area contributed by atoms with Crippen molar-refractivity contribution < 1.29 is 18.8 Å². The molecule has 0 saturated heterocycles. The summed E-state index contributed by atoms with van der Waals surface area (Å²) < 4.78 is 9.91. The van der Waals surface area contributed by atoms with Crippen LogP contribution >= 0.6 is 11.3 Å². The zero-order valence-electron chi connectivity index (χ0n) is 12.1. The number of nitrogens with zero attached hydrogens (tertiary/aromatic N) is 1. The molecule has 0 radical (unpaired) electrons. The third-order valence-electron chi connectivity index (χ3n) is 2.81. The summed E-state index contributed by atoms with van der Waals surface area (Å²) in [6, 6.07) is 1.74. The van der Waals surface area contributed by atoms with Gasteiger partial charge in [0.2, 0.25) is 5.76 Å². The Balaban J connectivity index is 2.26. The molecule has 2 heterocycles. The molecule has 2 rings (SSSR count). The molecular formula is C14H16N2O4S. The fourth-order valence-electron chi connectivity index (χ4n) is 1.74. The molecule has 2 aromatic rings. The number of aromatic nitrogens is 1. The Morgan fingerprint density at radius 3 is 2.76 bits per heavy atom. The van der Waals surface area contributed by atoms with E-state index in [1.54, 1.807) is 19.9 Å². The monoisotopic (exact) mass is 308 g/mol. The fourth-order valence-corrected chi connectivity index (χ4v) is 2.72. The Hall–Kier alpha value is -2.15. The fraction of sp³-hybridized carbons (Fsp3) is 0.357. The van der Waals surface area contributed by atoms with E-state index in [2.05, 4.69) is 10.5 Å². The Bertz CT molecular complexity index is 660. The molecule has 0 aliphatic heterocycles. The number of carbonyl (C=O) groups excluding carboxylic acids is 2. The highest BCUT2D eigenvalue weighted by Crippen LogP contribution is 2.30. The number of ether oxygens (including phenoxy) is 1. The lowest BCUT2D eigenvalue weighted by Gasteiger charge is -2.04. The van der Waals surface area contributed by atoms with Crippen LogP contribution in [0.3, 0.4) is 0 Å². The molecule has 0 atom stereocenters. The molecule has 7 heteroatoms. The van der Waals surface area contributed by atoms with E-state index in [0.717, 1.165) is 11.3 Å². The molecule has 6 nitrogen and oxygen atoms in total. The maximum Gasteiger partial charge on any atom is 0.341 e. The van der Waals surface area contributed by atoms with Crippen molar-refractivity contribution in [2.24, 2.45) is 0 Å². The number of amides is 1. The van der Waals surface area contributed by atoms with Crippen LogP contribution in [0.15, 0.2) is 16.8 Å². The molecule has 0 aliphatic carbocycles. The normalized spacial score (nSPS) is 10.4. The number of thiophene rings is 1. The lowest BCUT2D eigenvalue weighted by Crippen LogP contribution is -2.14. The Labute approximate surface area is 126 Å².